The molecular weight excluding hydrogens is 286 g/mol. The van der Waals surface area contributed by atoms with Gasteiger partial charge in [-0.25, -0.2) is 0 Å². The van der Waals surface area contributed by atoms with Gasteiger partial charge in [0, 0.05) is 13.0 Å². The van der Waals surface area contributed by atoms with E-state index in [0.29, 0.717) is 6.42 Å². The molecule has 5 nitrogen and oxygen atoms in total. The summed E-state index contributed by atoms with van der Waals surface area (Å²) in [5, 5.41) is 4.45. The first kappa shape index (κ1) is 14.2. The van der Waals surface area contributed by atoms with Gasteiger partial charge < -0.3 is 10.5 Å². The summed E-state index contributed by atoms with van der Waals surface area (Å²) in [4.78, 5) is 11.3. The highest BCUT2D eigenvalue weighted by molar-refractivity contribution is 9.10. The summed E-state index contributed by atoms with van der Waals surface area (Å²) in [6, 6.07) is -0.650. The molecule has 0 fully saturated rings. The molecule has 0 spiro atoms. The number of halogens is 1. The number of rotatable bonds is 5. The van der Waals surface area contributed by atoms with Crippen LogP contribution >= 0.6 is 15.9 Å². The van der Waals surface area contributed by atoms with E-state index in [-0.39, 0.29) is 0 Å². The predicted molar refractivity (Wildman–Crippen MR) is 68.7 cm³/mol. The highest BCUT2D eigenvalue weighted by Crippen LogP contribution is 2.23. The van der Waals surface area contributed by atoms with Gasteiger partial charge in [0.2, 0.25) is 0 Å². The van der Waals surface area contributed by atoms with Gasteiger partial charge in [0.05, 0.1) is 23.0 Å². The molecule has 0 saturated carbocycles. The Morgan fingerprint density at radius 3 is 2.71 bits per heavy atom. The molecule has 0 aliphatic rings. The Bertz CT molecular complexity index is 404. The fourth-order valence-electron chi connectivity index (χ4n) is 1.66. The van der Waals surface area contributed by atoms with Crippen molar-refractivity contribution in [3.63, 3.8) is 0 Å². The molecule has 0 amide bonds. The molecule has 0 saturated heterocycles. The fourth-order valence-corrected chi connectivity index (χ4v) is 2.38. The smallest absolute Gasteiger partial charge is 0.323 e. The average molecular weight is 304 g/mol. The number of esters is 1. The first-order valence-corrected chi connectivity index (χ1v) is 6.41. The van der Waals surface area contributed by atoms with Crippen LogP contribution in [0.25, 0.3) is 0 Å². The van der Waals surface area contributed by atoms with Crippen LogP contribution in [0.1, 0.15) is 25.2 Å². The maximum absolute atomic E-state index is 11.3. The number of nitrogens with two attached hydrogens (primary N) is 1. The van der Waals surface area contributed by atoms with E-state index >= 15 is 0 Å². The van der Waals surface area contributed by atoms with Gasteiger partial charge >= 0.3 is 5.97 Å². The fraction of sp³-hybridized carbons (Fsp3) is 0.636. The number of aromatic nitrogens is 2. The highest BCUT2D eigenvalue weighted by atomic mass is 79.9. The number of hydrogen-bond acceptors (Lipinski definition) is 4. The molecule has 0 aliphatic carbocycles. The Morgan fingerprint density at radius 2 is 2.24 bits per heavy atom. The number of hydrogen-bond donors (Lipinski definition) is 1. The molecule has 1 aromatic heterocycles. The number of nitrogens with zero attached hydrogens (tertiary/aromatic N) is 2. The van der Waals surface area contributed by atoms with Crippen LogP contribution in [0.2, 0.25) is 0 Å². The van der Waals surface area contributed by atoms with Crippen molar-refractivity contribution < 1.29 is 9.53 Å². The van der Waals surface area contributed by atoms with Crippen LogP contribution in [0, 0.1) is 0 Å². The van der Waals surface area contributed by atoms with Crippen molar-refractivity contribution >= 4 is 21.9 Å². The standard InChI is InChI=1S/C11H18BrN3O2/c1-4-8-10(12)9(15(5-2)14-8)6-7(13)11(16)17-3/h7H,4-6,13H2,1-3H3. The zero-order valence-corrected chi connectivity index (χ0v) is 12.0. The van der Waals surface area contributed by atoms with E-state index in [0.717, 1.165) is 28.8 Å². The van der Waals surface area contributed by atoms with Crippen molar-refractivity contribution in [1.82, 2.24) is 9.78 Å². The Hall–Kier alpha value is -0.880. The quantitative estimate of drug-likeness (QED) is 0.832. The molecular formula is C11H18BrN3O2. The number of methoxy groups -OCH3 is 1. The van der Waals surface area contributed by atoms with Gasteiger partial charge in [0.1, 0.15) is 6.04 Å². The Labute approximate surface area is 109 Å². The maximum atomic E-state index is 11.3. The van der Waals surface area contributed by atoms with Crippen LogP contribution in [0.4, 0.5) is 0 Å². The van der Waals surface area contributed by atoms with Gasteiger partial charge in [-0.15, -0.1) is 0 Å². The van der Waals surface area contributed by atoms with Crippen molar-refractivity contribution in [1.29, 1.82) is 0 Å². The van der Waals surface area contributed by atoms with Crippen LogP contribution in [-0.4, -0.2) is 28.9 Å². The summed E-state index contributed by atoms with van der Waals surface area (Å²) < 4.78 is 7.43. The lowest BCUT2D eigenvalue weighted by molar-refractivity contribution is -0.142. The number of ether oxygens (including phenoxy) is 1. The van der Waals surface area contributed by atoms with Gasteiger partial charge in [-0.2, -0.15) is 5.10 Å². The van der Waals surface area contributed by atoms with Crippen molar-refractivity contribution in [3.8, 4) is 0 Å². The first-order valence-electron chi connectivity index (χ1n) is 5.62. The zero-order valence-electron chi connectivity index (χ0n) is 10.4. The summed E-state index contributed by atoms with van der Waals surface area (Å²) in [6.07, 6.45) is 1.27. The van der Waals surface area contributed by atoms with Gasteiger partial charge in [-0.3, -0.25) is 9.48 Å². The Morgan fingerprint density at radius 1 is 1.59 bits per heavy atom. The van der Waals surface area contributed by atoms with Gasteiger partial charge in [-0.1, -0.05) is 6.92 Å². The molecule has 1 unspecified atom stereocenters. The average Bonchev–Trinajstić information content (AvgIpc) is 2.65. The zero-order chi connectivity index (χ0) is 13.0. The van der Waals surface area contributed by atoms with Gasteiger partial charge in [0.15, 0.2) is 0 Å². The van der Waals surface area contributed by atoms with Crippen LogP contribution in [0.5, 0.6) is 0 Å². The van der Waals surface area contributed by atoms with Gasteiger partial charge in [-0.05, 0) is 29.3 Å². The molecule has 0 aliphatic heterocycles. The van der Waals surface area contributed by atoms with Crippen LogP contribution in [-0.2, 0) is 28.9 Å². The normalized spacial score (nSPS) is 12.5. The van der Waals surface area contributed by atoms with Crippen molar-refractivity contribution in [2.45, 2.75) is 39.3 Å². The Balaban J connectivity index is 2.96. The third-order valence-corrected chi connectivity index (χ3v) is 3.53. The Kier molecular flexibility index (Phi) is 5.14. The minimum atomic E-state index is -0.650. The van der Waals surface area contributed by atoms with Crippen LogP contribution in [0.3, 0.4) is 0 Å². The van der Waals surface area contributed by atoms with E-state index in [4.69, 9.17) is 5.73 Å². The minimum Gasteiger partial charge on any atom is -0.468 e. The molecule has 0 bridgehead atoms. The van der Waals surface area contributed by atoms with Crippen LogP contribution in [0.15, 0.2) is 4.47 Å². The van der Waals surface area contributed by atoms with E-state index in [2.05, 4.69) is 25.8 Å². The lowest BCUT2D eigenvalue weighted by atomic mass is 10.1. The summed E-state index contributed by atoms with van der Waals surface area (Å²) in [6.45, 7) is 4.80. The number of carbonyl (C=O) groups is 1. The number of aryl methyl sites for hydroxylation is 2. The van der Waals surface area contributed by atoms with E-state index in [9.17, 15) is 4.79 Å². The van der Waals surface area contributed by atoms with E-state index in [1.165, 1.54) is 7.11 Å². The predicted octanol–water partition coefficient (Wildman–Crippen LogP) is 1.27. The molecule has 1 rings (SSSR count). The lowest BCUT2D eigenvalue weighted by Gasteiger charge is -2.10. The molecule has 6 heteroatoms. The summed E-state index contributed by atoms with van der Waals surface area (Å²) >= 11 is 3.51. The molecule has 0 aromatic carbocycles. The van der Waals surface area contributed by atoms with Crippen molar-refractivity contribution in [2.75, 3.05) is 7.11 Å². The summed E-state index contributed by atoms with van der Waals surface area (Å²) in [7, 11) is 1.34. The molecule has 2 N–H and O–H groups in total. The topological polar surface area (TPSA) is 70.1 Å². The molecule has 96 valence electrons. The summed E-state index contributed by atoms with van der Waals surface area (Å²) in [5.74, 6) is -0.404. The maximum Gasteiger partial charge on any atom is 0.323 e. The minimum absolute atomic E-state index is 0.404. The van der Waals surface area contributed by atoms with Crippen LogP contribution < -0.4 is 5.73 Å². The van der Waals surface area contributed by atoms with E-state index in [1.807, 2.05) is 18.5 Å². The molecule has 1 aromatic rings. The van der Waals surface area contributed by atoms with E-state index < -0.39 is 12.0 Å². The van der Waals surface area contributed by atoms with E-state index in [1.54, 1.807) is 0 Å². The molecule has 17 heavy (non-hydrogen) atoms. The lowest BCUT2D eigenvalue weighted by Crippen LogP contribution is -2.34. The van der Waals surface area contributed by atoms with Gasteiger partial charge in [0.25, 0.3) is 0 Å². The SMILES string of the molecule is CCc1nn(CC)c(CC(N)C(=O)OC)c1Br. The second kappa shape index (κ2) is 6.16. The molecule has 0 radical (unpaired) electrons. The monoisotopic (exact) mass is 303 g/mol. The van der Waals surface area contributed by atoms with Crippen molar-refractivity contribution in [3.05, 3.63) is 15.9 Å². The first-order chi connectivity index (χ1) is 8.04. The van der Waals surface area contributed by atoms with Crippen molar-refractivity contribution in [2.24, 2.45) is 5.73 Å². The highest BCUT2D eigenvalue weighted by Gasteiger charge is 2.21. The largest absolute Gasteiger partial charge is 0.468 e. The number of carbonyl (C=O) groups excluding carboxylic acids is 1. The molecule has 1 heterocycles. The second-order valence-electron chi connectivity index (χ2n) is 3.71. The molecule has 1 atom stereocenters. The third kappa shape index (κ3) is 3.07. The summed E-state index contributed by atoms with van der Waals surface area (Å²) in [5.41, 5.74) is 7.70. The second-order valence-corrected chi connectivity index (χ2v) is 4.50. The third-order valence-electron chi connectivity index (χ3n) is 2.61.